The molecule has 1 fully saturated rings. The van der Waals surface area contributed by atoms with Gasteiger partial charge in [-0.15, -0.1) is 0 Å². The van der Waals surface area contributed by atoms with Crippen molar-refractivity contribution in [2.45, 2.75) is 32.4 Å². The molecule has 1 amide bonds. The summed E-state index contributed by atoms with van der Waals surface area (Å²) in [6.07, 6.45) is 1.66. The number of ether oxygens (including phenoxy) is 1. The van der Waals surface area contributed by atoms with Crippen molar-refractivity contribution in [3.8, 4) is 5.75 Å². The Balaban J connectivity index is 1.52. The number of hydrogen-bond acceptors (Lipinski definition) is 3. The topological polar surface area (TPSA) is 32.8 Å². The highest BCUT2D eigenvalue weighted by Gasteiger charge is 2.30. The van der Waals surface area contributed by atoms with Crippen molar-refractivity contribution in [2.24, 2.45) is 0 Å². The molecule has 1 aliphatic heterocycles. The summed E-state index contributed by atoms with van der Waals surface area (Å²) >= 11 is 0. The van der Waals surface area contributed by atoms with Gasteiger partial charge < -0.3 is 9.64 Å². The van der Waals surface area contributed by atoms with Crippen LogP contribution in [0.25, 0.3) is 0 Å². The molecule has 0 N–H and O–H groups in total. The second kappa shape index (κ2) is 9.96. The average molecular weight is 433 g/mol. The predicted molar refractivity (Wildman–Crippen MR) is 126 cm³/mol. The van der Waals surface area contributed by atoms with Gasteiger partial charge in [-0.1, -0.05) is 36.4 Å². The van der Waals surface area contributed by atoms with E-state index in [1.165, 1.54) is 11.6 Å². The summed E-state index contributed by atoms with van der Waals surface area (Å²) in [5.41, 5.74) is 3.02. The Morgan fingerprint density at radius 1 is 1.03 bits per heavy atom. The zero-order chi connectivity index (χ0) is 22.5. The maximum absolute atomic E-state index is 14.4. The van der Waals surface area contributed by atoms with Crippen LogP contribution in [0.1, 0.15) is 34.3 Å². The van der Waals surface area contributed by atoms with E-state index in [1.54, 1.807) is 25.0 Å². The largest absolute Gasteiger partial charge is 0.497 e. The molecule has 0 aromatic heterocycles. The number of aryl methyl sites for hydroxylation is 1. The monoisotopic (exact) mass is 432 g/mol. The van der Waals surface area contributed by atoms with E-state index in [9.17, 15) is 9.18 Å². The lowest BCUT2D eigenvalue weighted by atomic mass is 9.99. The Kier molecular flexibility index (Phi) is 6.86. The van der Waals surface area contributed by atoms with Gasteiger partial charge in [0.15, 0.2) is 0 Å². The molecule has 0 unspecified atom stereocenters. The lowest BCUT2D eigenvalue weighted by molar-refractivity contribution is 0.0958. The van der Waals surface area contributed by atoms with Gasteiger partial charge in [0.25, 0.3) is 5.91 Å². The van der Waals surface area contributed by atoms with Gasteiger partial charge in [0.2, 0.25) is 0 Å². The van der Waals surface area contributed by atoms with Crippen LogP contribution in [0.5, 0.6) is 5.75 Å². The van der Waals surface area contributed by atoms with Gasteiger partial charge in [-0.2, -0.15) is 0 Å². The summed E-state index contributed by atoms with van der Waals surface area (Å²) in [6, 6.07) is 22.5. The molecular weight excluding hydrogens is 403 g/mol. The number of piperidine rings is 1. The number of benzene rings is 3. The van der Waals surface area contributed by atoms with Crippen LogP contribution < -0.4 is 9.64 Å². The normalized spacial score (nSPS) is 14.8. The molecule has 1 saturated heterocycles. The van der Waals surface area contributed by atoms with Crippen molar-refractivity contribution in [1.29, 1.82) is 0 Å². The highest BCUT2D eigenvalue weighted by molar-refractivity contribution is 6.06. The number of likely N-dealkylation sites (tertiary alicyclic amines) is 1. The molecule has 0 aliphatic carbocycles. The second-order valence-electron chi connectivity index (χ2n) is 8.33. The number of hydrogen-bond donors (Lipinski definition) is 0. The van der Waals surface area contributed by atoms with E-state index in [0.29, 0.717) is 16.8 Å². The molecule has 0 bridgehead atoms. The van der Waals surface area contributed by atoms with Crippen molar-refractivity contribution < 1.29 is 13.9 Å². The van der Waals surface area contributed by atoms with E-state index in [0.717, 1.165) is 38.2 Å². The van der Waals surface area contributed by atoms with E-state index < -0.39 is 0 Å². The van der Waals surface area contributed by atoms with Gasteiger partial charge in [-0.3, -0.25) is 9.69 Å². The van der Waals surface area contributed by atoms with Crippen molar-refractivity contribution in [3.05, 3.63) is 95.3 Å². The Morgan fingerprint density at radius 2 is 1.78 bits per heavy atom. The molecule has 3 aromatic carbocycles. The van der Waals surface area contributed by atoms with Crippen LogP contribution in [0.3, 0.4) is 0 Å². The number of rotatable bonds is 6. The zero-order valence-corrected chi connectivity index (χ0v) is 18.6. The van der Waals surface area contributed by atoms with Crippen LogP contribution in [0.2, 0.25) is 0 Å². The van der Waals surface area contributed by atoms with E-state index in [1.807, 2.05) is 48.5 Å². The highest BCUT2D eigenvalue weighted by atomic mass is 19.1. The second-order valence-corrected chi connectivity index (χ2v) is 8.33. The van der Waals surface area contributed by atoms with E-state index in [2.05, 4.69) is 17.0 Å². The van der Waals surface area contributed by atoms with Crippen LogP contribution in [-0.2, 0) is 6.54 Å². The van der Waals surface area contributed by atoms with Crippen LogP contribution in [-0.4, -0.2) is 37.0 Å². The van der Waals surface area contributed by atoms with Gasteiger partial charge in [-0.25, -0.2) is 4.39 Å². The fraction of sp³-hybridized carbons (Fsp3) is 0.296. The van der Waals surface area contributed by atoms with Crippen LogP contribution in [0.4, 0.5) is 10.1 Å². The Labute approximate surface area is 189 Å². The fourth-order valence-electron chi connectivity index (χ4n) is 4.31. The van der Waals surface area contributed by atoms with Crippen molar-refractivity contribution in [1.82, 2.24) is 4.90 Å². The minimum Gasteiger partial charge on any atom is -0.497 e. The first kappa shape index (κ1) is 22.0. The molecule has 0 radical (unpaired) electrons. The van der Waals surface area contributed by atoms with Crippen LogP contribution in [0.15, 0.2) is 72.8 Å². The predicted octanol–water partition coefficient (Wildman–Crippen LogP) is 5.45. The Hall–Kier alpha value is -3.18. The summed E-state index contributed by atoms with van der Waals surface area (Å²) in [5.74, 6) is 0.488. The van der Waals surface area contributed by atoms with Gasteiger partial charge in [0.1, 0.15) is 11.6 Å². The summed E-state index contributed by atoms with van der Waals surface area (Å²) in [5, 5.41) is 0. The highest BCUT2D eigenvalue weighted by Crippen LogP contribution is 2.28. The first-order valence-corrected chi connectivity index (χ1v) is 11.0. The number of carbonyl (C=O) groups is 1. The number of amides is 1. The van der Waals surface area contributed by atoms with E-state index >= 15 is 0 Å². The number of carbonyl (C=O) groups excluding carboxylic acids is 1. The first-order chi connectivity index (χ1) is 15.5. The maximum atomic E-state index is 14.4. The van der Waals surface area contributed by atoms with Crippen LogP contribution >= 0.6 is 0 Å². The quantitative estimate of drug-likeness (QED) is 0.519. The van der Waals surface area contributed by atoms with Gasteiger partial charge in [0.05, 0.1) is 7.11 Å². The summed E-state index contributed by atoms with van der Waals surface area (Å²) < 4.78 is 19.7. The summed E-state index contributed by atoms with van der Waals surface area (Å²) in [6.45, 7) is 4.32. The van der Waals surface area contributed by atoms with Gasteiger partial charge >= 0.3 is 0 Å². The average Bonchev–Trinajstić information content (AvgIpc) is 2.83. The zero-order valence-electron chi connectivity index (χ0n) is 18.6. The van der Waals surface area contributed by atoms with Crippen molar-refractivity contribution in [3.63, 3.8) is 0 Å². The van der Waals surface area contributed by atoms with E-state index in [-0.39, 0.29) is 17.8 Å². The molecule has 4 nitrogen and oxygen atoms in total. The lowest BCUT2D eigenvalue weighted by Gasteiger charge is -2.38. The molecule has 4 rings (SSSR count). The molecule has 32 heavy (non-hydrogen) atoms. The lowest BCUT2D eigenvalue weighted by Crippen LogP contribution is -2.47. The molecule has 1 aliphatic rings. The van der Waals surface area contributed by atoms with Crippen LogP contribution in [0, 0.1) is 12.7 Å². The molecule has 0 spiro atoms. The standard InChI is InChI=1S/C27H29FN2O2/c1-20-11-12-24(18-26(20)28)30(27(31)22-8-4-3-5-9-22)23-13-15-29(16-14-23)19-21-7-6-10-25(17-21)32-2/h3-12,17-18,23H,13-16,19H2,1-2H3. The van der Waals surface area contributed by atoms with Crippen molar-refractivity contribution >= 4 is 11.6 Å². The molecule has 3 aromatic rings. The SMILES string of the molecule is COc1cccc(CN2CCC(N(C(=O)c3ccccc3)c3ccc(C)c(F)c3)CC2)c1. The number of nitrogens with zero attached hydrogens (tertiary/aromatic N) is 2. The summed E-state index contributed by atoms with van der Waals surface area (Å²) in [4.78, 5) is 17.6. The molecule has 0 atom stereocenters. The molecule has 1 heterocycles. The Morgan fingerprint density at radius 3 is 2.47 bits per heavy atom. The Bertz CT molecular complexity index is 1060. The third-order valence-electron chi connectivity index (χ3n) is 6.14. The fourth-order valence-corrected chi connectivity index (χ4v) is 4.31. The number of methoxy groups -OCH3 is 1. The smallest absolute Gasteiger partial charge is 0.258 e. The third-order valence-corrected chi connectivity index (χ3v) is 6.14. The molecule has 0 saturated carbocycles. The molecule has 166 valence electrons. The minimum absolute atomic E-state index is 0.0198. The molecular formula is C27H29FN2O2. The molecule has 5 heteroatoms. The van der Waals surface area contributed by atoms with E-state index in [4.69, 9.17) is 4.74 Å². The maximum Gasteiger partial charge on any atom is 0.258 e. The van der Waals surface area contributed by atoms with Gasteiger partial charge in [0, 0.05) is 36.9 Å². The summed E-state index contributed by atoms with van der Waals surface area (Å²) in [7, 11) is 1.68. The number of halogens is 1. The third kappa shape index (κ3) is 5.00. The first-order valence-electron chi connectivity index (χ1n) is 11.0. The minimum atomic E-state index is -0.288. The van der Waals surface area contributed by atoms with Crippen molar-refractivity contribution in [2.75, 3.05) is 25.1 Å². The number of anilines is 1. The van der Waals surface area contributed by atoms with Gasteiger partial charge in [-0.05, 0) is 67.3 Å².